The molecule has 0 spiro atoms. The molecule has 0 N–H and O–H groups in total. The Morgan fingerprint density at radius 1 is 0.537 bits per heavy atom. The summed E-state index contributed by atoms with van der Waals surface area (Å²) in [5.74, 6) is -0.0404. The molecule has 0 aromatic carbocycles. The minimum absolute atomic E-state index is 0.142. The smallest absolute Gasteiger partial charge is 0.306 e. The van der Waals surface area contributed by atoms with E-state index in [0.29, 0.717) is 12.8 Å². The lowest BCUT2D eigenvalue weighted by molar-refractivity contribution is -0.163. The van der Waals surface area contributed by atoms with Crippen LogP contribution in [-0.4, -0.2) is 50.2 Å². The van der Waals surface area contributed by atoms with E-state index >= 15 is 0 Å². The summed E-state index contributed by atoms with van der Waals surface area (Å²) in [6.45, 7) is 7.76. The van der Waals surface area contributed by atoms with Crippen molar-refractivity contribution in [1.29, 1.82) is 0 Å². The Hall–Kier alpha value is -1.10. The Kier molecular flexibility index (Phi) is 29.5. The van der Waals surface area contributed by atoms with Crippen LogP contribution in [0.15, 0.2) is 0 Å². The van der Waals surface area contributed by atoms with Gasteiger partial charge in [-0.25, -0.2) is 0 Å². The standard InChI is InChI=1S/C36H71NO4/c1-6-9-12-13-14-15-16-17-18-19-20-21-22-23-25-29-35(38)40-32-34(41-36(39)30-26-31-37(4)5)33(27-11-8-3)28-24-10-7-2/h33-34H,6-32H2,1-5H3. The average Bonchev–Trinajstić information content (AvgIpc) is 2.95. The minimum Gasteiger partial charge on any atom is -0.462 e. The van der Waals surface area contributed by atoms with Crippen molar-refractivity contribution in [2.45, 2.75) is 187 Å². The van der Waals surface area contributed by atoms with E-state index in [4.69, 9.17) is 9.47 Å². The molecule has 0 fully saturated rings. The fraction of sp³-hybridized carbons (Fsp3) is 0.944. The first kappa shape index (κ1) is 39.9. The number of nitrogens with zero attached hydrogens (tertiary/aromatic N) is 1. The first-order chi connectivity index (χ1) is 19.9. The molecule has 0 aliphatic carbocycles. The Bertz CT molecular complexity index is 580. The highest BCUT2D eigenvalue weighted by Crippen LogP contribution is 2.24. The van der Waals surface area contributed by atoms with Crippen LogP contribution >= 0.6 is 0 Å². The van der Waals surface area contributed by atoms with Gasteiger partial charge in [0.25, 0.3) is 0 Å². The van der Waals surface area contributed by atoms with Gasteiger partial charge < -0.3 is 14.4 Å². The lowest BCUT2D eigenvalue weighted by Gasteiger charge is -2.27. The zero-order chi connectivity index (χ0) is 30.4. The monoisotopic (exact) mass is 582 g/mol. The molecule has 244 valence electrons. The fourth-order valence-corrected chi connectivity index (χ4v) is 5.56. The van der Waals surface area contributed by atoms with Crippen LogP contribution in [0.1, 0.15) is 181 Å². The number of unbranched alkanes of at least 4 members (excludes halogenated alkanes) is 17. The summed E-state index contributed by atoms with van der Waals surface area (Å²) in [5, 5.41) is 0. The van der Waals surface area contributed by atoms with Gasteiger partial charge >= 0.3 is 11.9 Å². The van der Waals surface area contributed by atoms with Gasteiger partial charge in [-0.05, 0) is 52.2 Å². The first-order valence-electron chi connectivity index (χ1n) is 17.9. The van der Waals surface area contributed by atoms with E-state index in [2.05, 4.69) is 25.7 Å². The van der Waals surface area contributed by atoms with Crippen molar-refractivity contribution in [2.24, 2.45) is 5.92 Å². The molecule has 0 radical (unpaired) electrons. The molecule has 0 bridgehead atoms. The number of rotatable bonds is 31. The Balaban J connectivity index is 4.25. The zero-order valence-electron chi connectivity index (χ0n) is 28.3. The van der Waals surface area contributed by atoms with Crippen LogP contribution < -0.4 is 0 Å². The summed E-state index contributed by atoms with van der Waals surface area (Å²) in [6, 6.07) is 0. The maximum absolute atomic E-state index is 12.6. The van der Waals surface area contributed by atoms with Gasteiger partial charge in [-0.1, -0.05) is 143 Å². The maximum atomic E-state index is 12.6. The normalized spacial score (nSPS) is 12.9. The van der Waals surface area contributed by atoms with Gasteiger partial charge in [-0.3, -0.25) is 9.59 Å². The van der Waals surface area contributed by atoms with Crippen molar-refractivity contribution in [3.63, 3.8) is 0 Å². The summed E-state index contributed by atoms with van der Waals surface area (Å²) in [6.07, 6.45) is 28.8. The number of carbonyl (C=O) groups is 2. The highest BCUT2D eigenvalue weighted by atomic mass is 16.6. The highest BCUT2D eigenvalue weighted by molar-refractivity contribution is 5.70. The molecule has 2 atom stereocenters. The molecule has 5 nitrogen and oxygen atoms in total. The van der Waals surface area contributed by atoms with E-state index in [-0.39, 0.29) is 30.6 Å². The van der Waals surface area contributed by atoms with E-state index in [0.717, 1.165) is 57.9 Å². The average molecular weight is 582 g/mol. The number of hydrogen-bond acceptors (Lipinski definition) is 5. The van der Waals surface area contributed by atoms with Crippen molar-refractivity contribution >= 4 is 11.9 Å². The Morgan fingerprint density at radius 2 is 0.976 bits per heavy atom. The second-order valence-electron chi connectivity index (χ2n) is 12.7. The van der Waals surface area contributed by atoms with Crippen LogP contribution in [0.4, 0.5) is 0 Å². The zero-order valence-corrected chi connectivity index (χ0v) is 28.3. The molecule has 0 saturated heterocycles. The van der Waals surface area contributed by atoms with E-state index in [9.17, 15) is 9.59 Å². The van der Waals surface area contributed by atoms with Gasteiger partial charge in [-0.15, -0.1) is 0 Å². The lowest BCUT2D eigenvalue weighted by atomic mass is 9.90. The highest BCUT2D eigenvalue weighted by Gasteiger charge is 2.26. The third-order valence-electron chi connectivity index (χ3n) is 8.29. The topological polar surface area (TPSA) is 55.8 Å². The van der Waals surface area contributed by atoms with Gasteiger partial charge in [0.2, 0.25) is 0 Å². The predicted molar refractivity (Wildman–Crippen MR) is 175 cm³/mol. The largest absolute Gasteiger partial charge is 0.462 e. The summed E-state index contributed by atoms with van der Waals surface area (Å²) in [7, 11) is 4.03. The third-order valence-corrected chi connectivity index (χ3v) is 8.29. The van der Waals surface area contributed by atoms with Crippen LogP contribution in [0.25, 0.3) is 0 Å². The lowest BCUT2D eigenvalue weighted by Crippen LogP contribution is -2.33. The van der Waals surface area contributed by atoms with Crippen molar-refractivity contribution < 1.29 is 19.1 Å². The molecule has 5 heteroatoms. The summed E-state index contributed by atoms with van der Waals surface area (Å²) >= 11 is 0. The summed E-state index contributed by atoms with van der Waals surface area (Å²) < 4.78 is 11.7. The maximum Gasteiger partial charge on any atom is 0.306 e. The van der Waals surface area contributed by atoms with E-state index < -0.39 is 0 Å². The molecular weight excluding hydrogens is 510 g/mol. The second kappa shape index (κ2) is 30.4. The second-order valence-corrected chi connectivity index (χ2v) is 12.7. The van der Waals surface area contributed by atoms with E-state index in [1.54, 1.807) is 0 Å². The molecule has 0 amide bonds. The third kappa shape index (κ3) is 27.5. The van der Waals surface area contributed by atoms with Crippen LogP contribution in [-0.2, 0) is 19.1 Å². The molecule has 2 unspecified atom stereocenters. The molecule has 0 saturated carbocycles. The van der Waals surface area contributed by atoms with Gasteiger partial charge in [0.05, 0.1) is 0 Å². The van der Waals surface area contributed by atoms with Crippen molar-refractivity contribution in [2.75, 3.05) is 27.2 Å². The van der Waals surface area contributed by atoms with Crippen LogP contribution in [0, 0.1) is 5.92 Å². The quantitative estimate of drug-likeness (QED) is 0.0602. The molecule has 0 heterocycles. The number of hydrogen-bond donors (Lipinski definition) is 0. The predicted octanol–water partition coefficient (Wildman–Crippen LogP) is 10.4. The summed E-state index contributed by atoms with van der Waals surface area (Å²) in [5.41, 5.74) is 0. The van der Waals surface area contributed by atoms with Gasteiger partial charge in [0, 0.05) is 12.8 Å². The van der Waals surface area contributed by atoms with Crippen LogP contribution in [0.5, 0.6) is 0 Å². The van der Waals surface area contributed by atoms with Crippen LogP contribution in [0.3, 0.4) is 0 Å². The molecule has 41 heavy (non-hydrogen) atoms. The van der Waals surface area contributed by atoms with Crippen molar-refractivity contribution in [1.82, 2.24) is 4.90 Å². The van der Waals surface area contributed by atoms with Gasteiger partial charge in [0.1, 0.15) is 12.7 Å². The van der Waals surface area contributed by atoms with E-state index in [1.165, 1.54) is 96.3 Å². The van der Waals surface area contributed by atoms with E-state index in [1.807, 2.05) is 14.1 Å². The molecule has 0 rings (SSSR count). The first-order valence-corrected chi connectivity index (χ1v) is 17.9. The van der Waals surface area contributed by atoms with Gasteiger partial charge in [-0.2, -0.15) is 0 Å². The molecule has 0 aliphatic rings. The molecule has 0 aromatic heterocycles. The molecule has 0 aliphatic heterocycles. The SMILES string of the molecule is CCCCCCCCCCCCCCCCCC(=O)OCC(OC(=O)CCCN(C)C)C(CCCC)CCCCC. The van der Waals surface area contributed by atoms with Crippen LogP contribution in [0.2, 0.25) is 0 Å². The van der Waals surface area contributed by atoms with Crippen molar-refractivity contribution in [3.8, 4) is 0 Å². The fourth-order valence-electron chi connectivity index (χ4n) is 5.56. The van der Waals surface area contributed by atoms with Crippen molar-refractivity contribution in [3.05, 3.63) is 0 Å². The Morgan fingerprint density at radius 3 is 1.49 bits per heavy atom. The molecular formula is C36H71NO4. The Labute approximate surface area is 256 Å². The number of ether oxygens (including phenoxy) is 2. The minimum atomic E-state index is -0.324. The number of esters is 2. The summed E-state index contributed by atoms with van der Waals surface area (Å²) in [4.78, 5) is 27.3. The molecule has 0 aromatic rings. The number of carbonyl (C=O) groups excluding carboxylic acids is 2. The van der Waals surface area contributed by atoms with Gasteiger partial charge in [0.15, 0.2) is 0 Å².